The van der Waals surface area contributed by atoms with E-state index in [1.54, 1.807) is 6.20 Å². The Bertz CT molecular complexity index is 1110. The number of piperidine rings is 1. The molecule has 0 saturated carbocycles. The van der Waals surface area contributed by atoms with Crippen molar-refractivity contribution in [2.45, 2.75) is 45.1 Å². The standard InChI is InChI=1S/C28H37N5O3/c1-20-8-5-6-9-22(20)18-28(26(35)33(27(36)30-28)15-7-14-31(3)4)24-12-16-32(17-13-24)25(34)23-11-10-21(2)29-19-23/h5-6,8-11,19,24H,7,12-18H2,1-4H3,(H,30,36)/t28-/m1/s1. The minimum atomic E-state index is -0.998. The summed E-state index contributed by atoms with van der Waals surface area (Å²) in [6.07, 6.45) is 4.09. The normalized spacial score (nSPS) is 20.8. The number of nitrogens with zero attached hydrogens (tertiary/aromatic N) is 4. The average Bonchev–Trinajstić information content (AvgIpc) is 3.10. The topological polar surface area (TPSA) is 85.9 Å². The van der Waals surface area contributed by atoms with Crippen molar-refractivity contribution in [1.82, 2.24) is 25.0 Å². The number of carbonyl (C=O) groups excluding carboxylic acids is 3. The van der Waals surface area contributed by atoms with E-state index >= 15 is 0 Å². The third kappa shape index (κ3) is 5.28. The SMILES string of the molecule is Cc1ccc(C(=O)N2CCC([C@@]3(Cc4ccccc4C)NC(=O)N(CCCN(C)C)C3=O)CC2)cn1. The summed E-state index contributed by atoms with van der Waals surface area (Å²) < 4.78 is 0. The number of likely N-dealkylation sites (tertiary alicyclic amines) is 1. The number of aryl methyl sites for hydroxylation is 2. The van der Waals surface area contributed by atoms with Crippen molar-refractivity contribution in [2.24, 2.45) is 5.92 Å². The van der Waals surface area contributed by atoms with Crippen LogP contribution in [-0.2, 0) is 11.2 Å². The first-order chi connectivity index (χ1) is 17.2. The fourth-order valence-electron chi connectivity index (χ4n) is 5.39. The molecule has 2 saturated heterocycles. The number of pyridine rings is 1. The molecule has 2 aliphatic heterocycles. The van der Waals surface area contributed by atoms with E-state index in [2.05, 4.69) is 15.2 Å². The Balaban J connectivity index is 1.54. The number of hydrogen-bond acceptors (Lipinski definition) is 5. The summed E-state index contributed by atoms with van der Waals surface area (Å²) in [4.78, 5) is 49.6. The molecule has 1 atom stereocenters. The summed E-state index contributed by atoms with van der Waals surface area (Å²) in [7, 11) is 3.96. The Kier molecular flexibility index (Phi) is 7.73. The molecule has 2 aliphatic rings. The Morgan fingerprint density at radius 1 is 1.11 bits per heavy atom. The molecule has 0 unspecified atom stereocenters. The van der Waals surface area contributed by atoms with E-state index in [0.717, 1.165) is 29.8 Å². The number of imide groups is 1. The van der Waals surface area contributed by atoms with Crippen LogP contribution < -0.4 is 5.32 Å². The number of aromatic nitrogens is 1. The van der Waals surface area contributed by atoms with Gasteiger partial charge in [0.1, 0.15) is 5.54 Å². The molecular formula is C28H37N5O3. The molecule has 0 aliphatic carbocycles. The zero-order valence-corrected chi connectivity index (χ0v) is 21.8. The highest BCUT2D eigenvalue weighted by atomic mass is 16.2. The van der Waals surface area contributed by atoms with Crippen molar-refractivity contribution >= 4 is 17.8 Å². The minimum absolute atomic E-state index is 0.0407. The molecule has 0 bridgehead atoms. The van der Waals surface area contributed by atoms with Gasteiger partial charge in [-0.2, -0.15) is 0 Å². The Labute approximate surface area is 213 Å². The van der Waals surface area contributed by atoms with Gasteiger partial charge in [-0.1, -0.05) is 24.3 Å². The van der Waals surface area contributed by atoms with Crippen molar-refractivity contribution in [3.8, 4) is 0 Å². The van der Waals surface area contributed by atoms with Gasteiger partial charge in [-0.05, 0) is 82.9 Å². The predicted molar refractivity (Wildman–Crippen MR) is 139 cm³/mol. The van der Waals surface area contributed by atoms with Gasteiger partial charge < -0.3 is 15.1 Å². The molecule has 8 nitrogen and oxygen atoms in total. The molecule has 4 rings (SSSR count). The first kappa shape index (κ1) is 25.8. The molecule has 8 heteroatoms. The van der Waals surface area contributed by atoms with E-state index in [0.29, 0.717) is 44.5 Å². The highest BCUT2D eigenvalue weighted by Crippen LogP contribution is 2.37. The molecule has 192 valence electrons. The van der Waals surface area contributed by atoms with E-state index in [9.17, 15) is 14.4 Å². The summed E-state index contributed by atoms with van der Waals surface area (Å²) >= 11 is 0. The maximum atomic E-state index is 13.9. The number of benzene rings is 1. The monoisotopic (exact) mass is 491 g/mol. The van der Waals surface area contributed by atoms with Crippen LogP contribution in [0.5, 0.6) is 0 Å². The van der Waals surface area contributed by atoms with E-state index < -0.39 is 5.54 Å². The Hall–Kier alpha value is -3.26. The molecule has 1 aromatic heterocycles. The predicted octanol–water partition coefficient (Wildman–Crippen LogP) is 3.04. The Morgan fingerprint density at radius 2 is 1.83 bits per heavy atom. The fourth-order valence-corrected chi connectivity index (χ4v) is 5.39. The number of hydrogen-bond donors (Lipinski definition) is 1. The molecule has 2 fully saturated rings. The van der Waals surface area contributed by atoms with E-state index in [1.807, 2.05) is 69.2 Å². The lowest BCUT2D eigenvalue weighted by Crippen LogP contribution is -2.58. The highest BCUT2D eigenvalue weighted by molar-refractivity contribution is 6.07. The lowest BCUT2D eigenvalue weighted by atomic mass is 9.73. The second kappa shape index (κ2) is 10.8. The molecule has 3 heterocycles. The van der Waals surface area contributed by atoms with Gasteiger partial charge in [0, 0.05) is 37.9 Å². The largest absolute Gasteiger partial charge is 0.339 e. The smallest absolute Gasteiger partial charge is 0.325 e. The van der Waals surface area contributed by atoms with Crippen LogP contribution in [0, 0.1) is 19.8 Å². The minimum Gasteiger partial charge on any atom is -0.339 e. The van der Waals surface area contributed by atoms with Crippen LogP contribution in [0.25, 0.3) is 0 Å². The first-order valence-electron chi connectivity index (χ1n) is 12.8. The van der Waals surface area contributed by atoms with Crippen molar-refractivity contribution in [3.63, 3.8) is 0 Å². The van der Waals surface area contributed by atoms with Gasteiger partial charge in [0.05, 0.1) is 5.56 Å². The van der Waals surface area contributed by atoms with E-state index in [-0.39, 0.29) is 23.8 Å². The third-order valence-electron chi connectivity index (χ3n) is 7.56. The molecular weight excluding hydrogens is 454 g/mol. The summed E-state index contributed by atoms with van der Waals surface area (Å²) in [6, 6.07) is 11.4. The van der Waals surface area contributed by atoms with Crippen LogP contribution in [0.15, 0.2) is 42.6 Å². The quantitative estimate of drug-likeness (QED) is 0.574. The first-order valence-corrected chi connectivity index (χ1v) is 12.8. The summed E-state index contributed by atoms with van der Waals surface area (Å²) in [6.45, 7) is 6.21. The lowest BCUT2D eigenvalue weighted by molar-refractivity contribution is -0.134. The maximum Gasteiger partial charge on any atom is 0.325 e. The summed E-state index contributed by atoms with van der Waals surface area (Å²) in [5, 5.41) is 3.14. The van der Waals surface area contributed by atoms with Crippen molar-refractivity contribution < 1.29 is 14.4 Å². The Morgan fingerprint density at radius 3 is 2.47 bits per heavy atom. The third-order valence-corrected chi connectivity index (χ3v) is 7.56. The molecule has 0 spiro atoms. The lowest BCUT2D eigenvalue weighted by Gasteiger charge is -2.41. The summed E-state index contributed by atoms with van der Waals surface area (Å²) in [5.74, 6) is -0.240. The number of carbonyl (C=O) groups is 3. The number of nitrogens with one attached hydrogen (secondary N) is 1. The number of rotatable bonds is 8. The van der Waals surface area contributed by atoms with Gasteiger partial charge in [0.2, 0.25) is 0 Å². The van der Waals surface area contributed by atoms with Gasteiger partial charge in [0.25, 0.3) is 11.8 Å². The molecule has 1 aromatic carbocycles. The van der Waals surface area contributed by atoms with Crippen molar-refractivity contribution in [1.29, 1.82) is 0 Å². The second-order valence-corrected chi connectivity index (χ2v) is 10.4. The molecule has 1 N–H and O–H groups in total. The molecule has 0 radical (unpaired) electrons. The van der Waals surface area contributed by atoms with Crippen LogP contribution in [0.3, 0.4) is 0 Å². The zero-order chi connectivity index (χ0) is 25.9. The molecule has 4 amide bonds. The number of urea groups is 1. The average molecular weight is 492 g/mol. The molecule has 2 aromatic rings. The van der Waals surface area contributed by atoms with Gasteiger partial charge in [-0.25, -0.2) is 4.79 Å². The van der Waals surface area contributed by atoms with E-state index in [4.69, 9.17) is 0 Å². The van der Waals surface area contributed by atoms with Crippen LogP contribution in [0.4, 0.5) is 4.79 Å². The van der Waals surface area contributed by atoms with Crippen molar-refractivity contribution in [3.05, 3.63) is 65.0 Å². The highest BCUT2D eigenvalue weighted by Gasteiger charge is 2.56. The van der Waals surface area contributed by atoms with Gasteiger partial charge in [0.15, 0.2) is 0 Å². The fraction of sp³-hybridized carbons (Fsp3) is 0.500. The van der Waals surface area contributed by atoms with Gasteiger partial charge in [-0.15, -0.1) is 0 Å². The van der Waals surface area contributed by atoms with Crippen LogP contribution in [-0.4, -0.2) is 83.3 Å². The summed E-state index contributed by atoms with van der Waals surface area (Å²) in [5.41, 5.74) is 2.61. The van der Waals surface area contributed by atoms with Crippen LogP contribution >= 0.6 is 0 Å². The van der Waals surface area contributed by atoms with E-state index in [1.165, 1.54) is 4.90 Å². The van der Waals surface area contributed by atoms with Gasteiger partial charge >= 0.3 is 6.03 Å². The van der Waals surface area contributed by atoms with Crippen molar-refractivity contribution in [2.75, 3.05) is 40.3 Å². The number of amides is 4. The zero-order valence-electron chi connectivity index (χ0n) is 21.8. The molecule has 36 heavy (non-hydrogen) atoms. The van der Waals surface area contributed by atoms with Crippen LogP contribution in [0.2, 0.25) is 0 Å². The van der Waals surface area contributed by atoms with Gasteiger partial charge in [-0.3, -0.25) is 19.5 Å². The second-order valence-electron chi connectivity index (χ2n) is 10.4. The maximum absolute atomic E-state index is 13.9. The van der Waals surface area contributed by atoms with Crippen LogP contribution in [0.1, 0.15) is 46.4 Å².